The Hall–Kier alpha value is -0.350. The van der Waals surface area contributed by atoms with Gasteiger partial charge in [-0.2, -0.15) is 5.10 Å². The van der Waals surface area contributed by atoms with Gasteiger partial charge in [-0.15, -0.1) is 0 Å². The van der Waals surface area contributed by atoms with E-state index in [1.54, 1.807) is 0 Å². The minimum Gasteiger partial charge on any atom is -0.298 e. The molecule has 1 aliphatic carbocycles. The summed E-state index contributed by atoms with van der Waals surface area (Å²) in [6.45, 7) is 8.55. The van der Waals surface area contributed by atoms with Crippen molar-refractivity contribution in [2.45, 2.75) is 65.6 Å². The molecule has 2 rings (SSSR count). The molecule has 108 valence electrons. The van der Waals surface area contributed by atoms with Gasteiger partial charge in [0, 0.05) is 19.1 Å². The lowest BCUT2D eigenvalue weighted by Crippen LogP contribution is -2.35. The molecule has 1 aromatic rings. The van der Waals surface area contributed by atoms with E-state index >= 15 is 0 Å². The maximum Gasteiger partial charge on any atom is 0.0739 e. The standard InChI is InChI=1S/C15H26BrN3/c1-5-19-14(15(16)12(3)17-19)10-18(4)13-8-6-7-11(2)9-13/h11,13H,5-10H2,1-4H3. The first kappa shape index (κ1) is 15.0. The zero-order valence-electron chi connectivity index (χ0n) is 12.6. The highest BCUT2D eigenvalue weighted by atomic mass is 79.9. The van der Waals surface area contributed by atoms with Crippen molar-refractivity contribution < 1.29 is 0 Å². The van der Waals surface area contributed by atoms with Crippen LogP contribution in [-0.2, 0) is 13.1 Å². The summed E-state index contributed by atoms with van der Waals surface area (Å²) >= 11 is 3.70. The van der Waals surface area contributed by atoms with Crippen molar-refractivity contribution in [2.24, 2.45) is 5.92 Å². The summed E-state index contributed by atoms with van der Waals surface area (Å²) in [6.07, 6.45) is 5.47. The maximum atomic E-state index is 4.58. The summed E-state index contributed by atoms with van der Waals surface area (Å²) in [6, 6.07) is 0.733. The molecule has 1 fully saturated rings. The number of hydrogen-bond acceptors (Lipinski definition) is 2. The Balaban J connectivity index is 2.07. The van der Waals surface area contributed by atoms with Gasteiger partial charge in [-0.05, 0) is 55.6 Å². The van der Waals surface area contributed by atoms with Crippen molar-refractivity contribution in [1.82, 2.24) is 14.7 Å². The molecule has 0 aromatic carbocycles. The predicted molar refractivity (Wildman–Crippen MR) is 83.2 cm³/mol. The van der Waals surface area contributed by atoms with Gasteiger partial charge in [-0.1, -0.05) is 19.8 Å². The van der Waals surface area contributed by atoms with E-state index in [0.717, 1.165) is 30.7 Å². The van der Waals surface area contributed by atoms with Crippen molar-refractivity contribution in [3.63, 3.8) is 0 Å². The van der Waals surface area contributed by atoms with Crippen LogP contribution in [0.25, 0.3) is 0 Å². The van der Waals surface area contributed by atoms with Crippen molar-refractivity contribution >= 4 is 15.9 Å². The SMILES string of the molecule is CCn1nc(C)c(Br)c1CN(C)C1CCCC(C)C1. The van der Waals surface area contributed by atoms with Crippen molar-refractivity contribution in [3.8, 4) is 0 Å². The summed E-state index contributed by atoms with van der Waals surface area (Å²) in [5.41, 5.74) is 2.42. The van der Waals surface area contributed by atoms with Crippen LogP contribution in [0.1, 0.15) is 50.9 Å². The Morgan fingerprint density at radius 1 is 1.42 bits per heavy atom. The largest absolute Gasteiger partial charge is 0.298 e. The molecular formula is C15H26BrN3. The molecule has 0 amide bonds. The van der Waals surface area contributed by atoms with E-state index < -0.39 is 0 Å². The fraction of sp³-hybridized carbons (Fsp3) is 0.800. The van der Waals surface area contributed by atoms with Gasteiger partial charge < -0.3 is 0 Å². The first-order valence-corrected chi connectivity index (χ1v) is 8.24. The van der Waals surface area contributed by atoms with Gasteiger partial charge in [0.25, 0.3) is 0 Å². The lowest BCUT2D eigenvalue weighted by molar-refractivity contribution is 0.154. The fourth-order valence-electron chi connectivity index (χ4n) is 3.19. The van der Waals surface area contributed by atoms with E-state index in [9.17, 15) is 0 Å². The molecule has 3 nitrogen and oxygen atoms in total. The molecule has 4 heteroatoms. The average molecular weight is 328 g/mol. The summed E-state index contributed by atoms with van der Waals surface area (Å²) < 4.78 is 3.31. The van der Waals surface area contributed by atoms with Crippen LogP contribution in [0.3, 0.4) is 0 Å². The smallest absolute Gasteiger partial charge is 0.0739 e. The van der Waals surface area contributed by atoms with Crippen LogP contribution < -0.4 is 0 Å². The van der Waals surface area contributed by atoms with E-state index in [4.69, 9.17) is 0 Å². The quantitative estimate of drug-likeness (QED) is 0.833. The zero-order valence-corrected chi connectivity index (χ0v) is 14.2. The highest BCUT2D eigenvalue weighted by Crippen LogP contribution is 2.29. The third kappa shape index (κ3) is 3.40. The van der Waals surface area contributed by atoms with Crippen molar-refractivity contribution in [3.05, 3.63) is 15.9 Å². The van der Waals surface area contributed by atoms with Crippen LogP contribution in [0.2, 0.25) is 0 Å². The van der Waals surface area contributed by atoms with Gasteiger partial charge in [-0.3, -0.25) is 9.58 Å². The first-order valence-electron chi connectivity index (χ1n) is 7.45. The highest BCUT2D eigenvalue weighted by Gasteiger charge is 2.24. The number of halogens is 1. The molecule has 0 spiro atoms. The minimum absolute atomic E-state index is 0.733. The third-order valence-corrected chi connectivity index (χ3v) is 5.42. The molecule has 2 atom stereocenters. The molecular weight excluding hydrogens is 302 g/mol. The Morgan fingerprint density at radius 3 is 2.79 bits per heavy atom. The molecule has 0 aliphatic heterocycles. The minimum atomic E-state index is 0.733. The zero-order chi connectivity index (χ0) is 14.0. The number of hydrogen-bond donors (Lipinski definition) is 0. The lowest BCUT2D eigenvalue weighted by Gasteiger charge is -2.34. The number of aryl methyl sites for hydroxylation is 2. The maximum absolute atomic E-state index is 4.58. The van der Waals surface area contributed by atoms with Gasteiger partial charge >= 0.3 is 0 Å². The summed E-state index contributed by atoms with van der Waals surface area (Å²) in [5, 5.41) is 4.58. The molecule has 0 radical (unpaired) electrons. The van der Waals surface area contributed by atoms with Crippen molar-refractivity contribution in [1.29, 1.82) is 0 Å². The summed E-state index contributed by atoms with van der Waals surface area (Å²) in [5.74, 6) is 0.877. The second kappa shape index (κ2) is 6.40. The molecule has 1 aliphatic rings. The predicted octanol–water partition coefficient (Wildman–Crippen LogP) is 3.98. The van der Waals surface area contributed by atoms with Crippen LogP contribution in [0, 0.1) is 12.8 Å². The second-order valence-corrected chi connectivity index (χ2v) is 6.80. The third-order valence-electron chi connectivity index (χ3n) is 4.38. The molecule has 0 bridgehead atoms. The molecule has 0 N–H and O–H groups in total. The number of nitrogens with zero attached hydrogens (tertiary/aromatic N) is 3. The normalized spacial score (nSPS) is 24.1. The van der Waals surface area contributed by atoms with E-state index in [0.29, 0.717) is 0 Å². The number of aromatic nitrogens is 2. The Kier molecular flexibility index (Phi) is 5.07. The molecule has 19 heavy (non-hydrogen) atoms. The molecule has 1 heterocycles. The summed E-state index contributed by atoms with van der Waals surface area (Å²) in [7, 11) is 2.26. The molecule has 1 aromatic heterocycles. The van der Waals surface area contributed by atoms with E-state index in [2.05, 4.69) is 58.4 Å². The second-order valence-electron chi connectivity index (χ2n) is 6.00. The topological polar surface area (TPSA) is 21.1 Å². The molecule has 1 saturated carbocycles. The first-order chi connectivity index (χ1) is 9.02. The average Bonchev–Trinajstić information content (AvgIpc) is 2.66. The van der Waals surface area contributed by atoms with Gasteiger partial charge in [0.15, 0.2) is 0 Å². The van der Waals surface area contributed by atoms with Gasteiger partial charge in [0.2, 0.25) is 0 Å². The van der Waals surface area contributed by atoms with Gasteiger partial charge in [-0.25, -0.2) is 0 Å². The number of rotatable bonds is 4. The van der Waals surface area contributed by atoms with Gasteiger partial charge in [0.1, 0.15) is 0 Å². The molecule has 0 saturated heterocycles. The highest BCUT2D eigenvalue weighted by molar-refractivity contribution is 9.10. The fourth-order valence-corrected chi connectivity index (χ4v) is 3.60. The van der Waals surface area contributed by atoms with E-state index in [1.807, 2.05) is 0 Å². The van der Waals surface area contributed by atoms with Crippen LogP contribution in [-0.4, -0.2) is 27.8 Å². The Labute approximate surface area is 125 Å². The van der Waals surface area contributed by atoms with Crippen LogP contribution in [0.4, 0.5) is 0 Å². The lowest BCUT2D eigenvalue weighted by atomic mass is 9.86. The van der Waals surface area contributed by atoms with E-state index in [-0.39, 0.29) is 0 Å². The van der Waals surface area contributed by atoms with E-state index in [1.165, 1.54) is 35.8 Å². The van der Waals surface area contributed by atoms with Crippen LogP contribution in [0.5, 0.6) is 0 Å². The Morgan fingerprint density at radius 2 is 2.16 bits per heavy atom. The van der Waals surface area contributed by atoms with Crippen LogP contribution in [0.15, 0.2) is 4.47 Å². The van der Waals surface area contributed by atoms with Crippen LogP contribution >= 0.6 is 15.9 Å². The van der Waals surface area contributed by atoms with Crippen molar-refractivity contribution in [2.75, 3.05) is 7.05 Å². The summed E-state index contributed by atoms with van der Waals surface area (Å²) in [4.78, 5) is 2.52. The Bertz CT molecular complexity index is 427. The monoisotopic (exact) mass is 327 g/mol. The van der Waals surface area contributed by atoms with Gasteiger partial charge in [0.05, 0.1) is 15.9 Å². The molecule has 2 unspecified atom stereocenters.